The maximum Gasteiger partial charge on any atom is 0.352 e. The van der Waals surface area contributed by atoms with E-state index >= 15 is 0 Å². The largest absolute Gasteiger partial charge is 0.477 e. The first kappa shape index (κ1) is 15.4. The molecule has 0 bridgehead atoms. The zero-order chi connectivity index (χ0) is 15.1. The van der Waals surface area contributed by atoms with Gasteiger partial charge in [0.25, 0.3) is 0 Å². The van der Waals surface area contributed by atoms with Crippen molar-refractivity contribution < 1.29 is 18.3 Å². The van der Waals surface area contributed by atoms with Crippen molar-refractivity contribution in [3.63, 3.8) is 0 Å². The summed E-state index contributed by atoms with van der Waals surface area (Å²) in [4.78, 5) is 13.7. The summed E-state index contributed by atoms with van der Waals surface area (Å²) in [7, 11) is -3.70. The topological polar surface area (TPSA) is 99.3 Å². The maximum atomic E-state index is 12.4. The number of rotatable bonds is 6. The lowest BCUT2D eigenvalue weighted by molar-refractivity contribution is 0.0690. The highest BCUT2D eigenvalue weighted by atomic mass is 32.2. The average Bonchev–Trinajstić information content (AvgIpc) is 3.07. The number of carboxylic acid groups (broad SMARTS) is 1. The van der Waals surface area contributed by atoms with E-state index < -0.39 is 16.0 Å². The van der Waals surface area contributed by atoms with E-state index in [1.165, 1.54) is 6.92 Å². The Balaban J connectivity index is 2.28. The fourth-order valence-electron chi connectivity index (χ4n) is 2.24. The van der Waals surface area contributed by atoms with Gasteiger partial charge in [-0.25, -0.2) is 17.9 Å². The standard InChI is InChI=1S/C12H18N2O4S2/c1-7-9(11(15)16)14-8(2)10(7)20(17,18)13-6-12(19-3)4-5-12/h13-14H,4-6H2,1-3H3,(H,15,16). The first-order valence-corrected chi connectivity index (χ1v) is 8.90. The third kappa shape index (κ3) is 2.72. The molecule has 3 N–H and O–H groups in total. The lowest BCUT2D eigenvalue weighted by Gasteiger charge is -2.13. The average molecular weight is 318 g/mol. The number of aromatic carboxylic acids is 1. The number of carboxylic acids is 1. The van der Waals surface area contributed by atoms with Crippen molar-refractivity contribution in [1.29, 1.82) is 0 Å². The number of hydrogen-bond donors (Lipinski definition) is 3. The Kier molecular flexibility index (Phi) is 3.92. The number of aromatic nitrogens is 1. The molecule has 0 atom stereocenters. The monoisotopic (exact) mass is 318 g/mol. The van der Waals surface area contributed by atoms with Crippen LogP contribution in [0.4, 0.5) is 0 Å². The van der Waals surface area contributed by atoms with E-state index in [4.69, 9.17) is 5.11 Å². The fourth-order valence-corrected chi connectivity index (χ4v) is 4.63. The summed E-state index contributed by atoms with van der Waals surface area (Å²) in [6.45, 7) is 3.45. The van der Waals surface area contributed by atoms with Crippen molar-refractivity contribution in [1.82, 2.24) is 9.71 Å². The molecule has 1 aliphatic rings. The van der Waals surface area contributed by atoms with Crippen molar-refractivity contribution in [2.75, 3.05) is 12.8 Å². The molecule has 0 spiro atoms. The Morgan fingerprint density at radius 1 is 1.45 bits per heavy atom. The molecule has 2 rings (SSSR count). The first-order chi connectivity index (χ1) is 9.22. The molecule has 6 nitrogen and oxygen atoms in total. The summed E-state index contributed by atoms with van der Waals surface area (Å²) in [5, 5.41) is 9.03. The van der Waals surface area contributed by atoms with Crippen molar-refractivity contribution in [2.45, 2.75) is 36.3 Å². The molecule has 8 heteroatoms. The highest BCUT2D eigenvalue weighted by molar-refractivity contribution is 8.00. The van der Waals surface area contributed by atoms with Gasteiger partial charge in [0.1, 0.15) is 10.6 Å². The number of aromatic amines is 1. The van der Waals surface area contributed by atoms with Crippen LogP contribution in [0.3, 0.4) is 0 Å². The Morgan fingerprint density at radius 3 is 2.45 bits per heavy atom. The Hall–Kier alpha value is -0.990. The normalized spacial score (nSPS) is 17.1. The molecular formula is C12H18N2O4S2. The molecular weight excluding hydrogens is 300 g/mol. The van der Waals surface area contributed by atoms with E-state index in [-0.39, 0.29) is 20.9 Å². The van der Waals surface area contributed by atoms with Crippen LogP contribution < -0.4 is 4.72 Å². The lowest BCUT2D eigenvalue weighted by Crippen LogP contribution is -2.32. The summed E-state index contributed by atoms with van der Waals surface area (Å²) < 4.78 is 27.3. The van der Waals surface area contributed by atoms with Gasteiger partial charge in [-0.2, -0.15) is 11.8 Å². The molecule has 0 unspecified atom stereocenters. The fraction of sp³-hybridized carbons (Fsp3) is 0.583. The van der Waals surface area contributed by atoms with Gasteiger partial charge in [0.15, 0.2) is 0 Å². The van der Waals surface area contributed by atoms with Crippen molar-refractivity contribution in [3.05, 3.63) is 17.0 Å². The summed E-state index contributed by atoms with van der Waals surface area (Å²) >= 11 is 1.66. The van der Waals surface area contributed by atoms with Gasteiger partial charge in [-0.3, -0.25) is 0 Å². The van der Waals surface area contributed by atoms with Crippen LogP contribution in [0.2, 0.25) is 0 Å². The molecule has 1 aromatic rings. The molecule has 1 heterocycles. The molecule has 0 amide bonds. The van der Waals surface area contributed by atoms with Crippen molar-refractivity contribution in [2.24, 2.45) is 0 Å². The number of nitrogens with one attached hydrogen (secondary N) is 2. The quantitative estimate of drug-likeness (QED) is 0.738. The molecule has 20 heavy (non-hydrogen) atoms. The maximum absolute atomic E-state index is 12.4. The van der Waals surface area contributed by atoms with Crippen LogP contribution in [0.15, 0.2) is 4.90 Å². The number of hydrogen-bond acceptors (Lipinski definition) is 4. The minimum absolute atomic E-state index is 0.0147. The molecule has 0 saturated heterocycles. The van der Waals surface area contributed by atoms with E-state index in [2.05, 4.69) is 9.71 Å². The van der Waals surface area contributed by atoms with E-state index in [9.17, 15) is 13.2 Å². The minimum Gasteiger partial charge on any atom is -0.477 e. The number of carbonyl (C=O) groups is 1. The van der Waals surface area contributed by atoms with Gasteiger partial charge in [-0.15, -0.1) is 0 Å². The van der Waals surface area contributed by atoms with Crippen LogP contribution in [0.5, 0.6) is 0 Å². The highest BCUT2D eigenvalue weighted by Gasteiger charge is 2.43. The third-order valence-electron chi connectivity index (χ3n) is 3.68. The number of sulfonamides is 1. The molecule has 1 aliphatic carbocycles. The first-order valence-electron chi connectivity index (χ1n) is 6.20. The van der Waals surface area contributed by atoms with Crippen molar-refractivity contribution >= 4 is 27.8 Å². The lowest BCUT2D eigenvalue weighted by atomic mass is 10.2. The van der Waals surface area contributed by atoms with E-state index in [1.807, 2.05) is 6.26 Å². The van der Waals surface area contributed by atoms with Crippen LogP contribution in [0.1, 0.15) is 34.6 Å². The third-order valence-corrected chi connectivity index (χ3v) is 6.77. The van der Waals surface area contributed by atoms with Crippen LogP contribution in [-0.4, -0.2) is 42.0 Å². The number of thioether (sulfide) groups is 1. The second kappa shape index (κ2) is 5.09. The van der Waals surface area contributed by atoms with Gasteiger partial charge in [-0.05, 0) is 32.9 Å². The molecule has 0 radical (unpaired) electrons. The zero-order valence-electron chi connectivity index (χ0n) is 11.6. The van der Waals surface area contributed by atoms with E-state index in [0.29, 0.717) is 12.2 Å². The van der Waals surface area contributed by atoms with E-state index in [0.717, 1.165) is 12.8 Å². The number of H-pyrrole nitrogens is 1. The van der Waals surface area contributed by atoms with Gasteiger partial charge < -0.3 is 10.1 Å². The summed E-state index contributed by atoms with van der Waals surface area (Å²) in [6.07, 6.45) is 3.97. The van der Waals surface area contributed by atoms with E-state index in [1.54, 1.807) is 18.7 Å². The summed E-state index contributed by atoms with van der Waals surface area (Å²) in [6, 6.07) is 0. The number of aryl methyl sites for hydroxylation is 1. The second-order valence-corrected chi connectivity index (χ2v) is 8.07. The van der Waals surface area contributed by atoms with Crippen LogP contribution in [-0.2, 0) is 10.0 Å². The SMILES string of the molecule is CSC1(CNS(=O)(=O)c2c(C)[nH]c(C(=O)O)c2C)CC1. The van der Waals surface area contributed by atoms with Crippen LogP contribution >= 0.6 is 11.8 Å². The Labute approximate surface area is 122 Å². The summed E-state index contributed by atoms with van der Waals surface area (Å²) in [5.41, 5.74) is 0.520. The summed E-state index contributed by atoms with van der Waals surface area (Å²) in [5.74, 6) is -1.16. The van der Waals surface area contributed by atoms with Gasteiger partial charge in [0, 0.05) is 22.5 Å². The van der Waals surface area contributed by atoms with Gasteiger partial charge >= 0.3 is 5.97 Å². The smallest absolute Gasteiger partial charge is 0.352 e. The Morgan fingerprint density at radius 2 is 2.05 bits per heavy atom. The van der Waals surface area contributed by atoms with Gasteiger partial charge in [0.2, 0.25) is 10.0 Å². The zero-order valence-corrected chi connectivity index (χ0v) is 13.2. The predicted octanol–water partition coefficient (Wildman–Crippen LogP) is 1.50. The van der Waals surface area contributed by atoms with Crippen LogP contribution in [0, 0.1) is 13.8 Å². The van der Waals surface area contributed by atoms with Gasteiger partial charge in [-0.1, -0.05) is 0 Å². The molecule has 0 aromatic carbocycles. The van der Waals surface area contributed by atoms with Gasteiger partial charge in [0.05, 0.1) is 0 Å². The molecule has 0 aliphatic heterocycles. The minimum atomic E-state index is -3.70. The molecule has 1 saturated carbocycles. The van der Waals surface area contributed by atoms with Crippen molar-refractivity contribution in [3.8, 4) is 0 Å². The molecule has 1 fully saturated rings. The predicted molar refractivity (Wildman–Crippen MR) is 77.9 cm³/mol. The molecule has 1 aromatic heterocycles. The van der Waals surface area contributed by atoms with Crippen LogP contribution in [0.25, 0.3) is 0 Å². The highest BCUT2D eigenvalue weighted by Crippen LogP contribution is 2.46. The molecule has 112 valence electrons. The second-order valence-electron chi connectivity index (χ2n) is 5.10. The Bertz CT molecular complexity index is 645.